The molecule has 1 unspecified atom stereocenters. The summed E-state index contributed by atoms with van der Waals surface area (Å²) in [6.45, 7) is 7.70. The van der Waals surface area contributed by atoms with Gasteiger partial charge >= 0.3 is 0 Å². The summed E-state index contributed by atoms with van der Waals surface area (Å²) >= 11 is 0. The zero-order valence-corrected chi connectivity index (χ0v) is 12.3. The van der Waals surface area contributed by atoms with Crippen LogP contribution in [0.2, 0.25) is 0 Å². The maximum Gasteiger partial charge on any atom is 0.130 e. The summed E-state index contributed by atoms with van der Waals surface area (Å²) < 4.78 is 0. The number of anilines is 1. The number of hydrogen-bond donors (Lipinski definition) is 0. The molecule has 3 heteroatoms. The van der Waals surface area contributed by atoms with Crippen molar-refractivity contribution in [3.8, 4) is 0 Å². The third-order valence-electron chi connectivity index (χ3n) is 3.68. The highest BCUT2D eigenvalue weighted by Crippen LogP contribution is 2.27. The molecule has 18 heavy (non-hydrogen) atoms. The molecule has 0 N–H and O–H groups in total. The van der Waals surface area contributed by atoms with Crippen LogP contribution in [0.3, 0.4) is 0 Å². The molecule has 100 valence electrons. The van der Waals surface area contributed by atoms with Gasteiger partial charge < -0.3 is 4.90 Å². The van der Waals surface area contributed by atoms with Gasteiger partial charge in [-0.3, -0.25) is 4.90 Å². The second-order valence-corrected chi connectivity index (χ2v) is 5.86. The number of rotatable bonds is 3. The molecular formula is C15H25N3. The molecule has 1 saturated heterocycles. The van der Waals surface area contributed by atoms with E-state index in [2.05, 4.69) is 56.8 Å². The lowest BCUT2D eigenvalue weighted by Crippen LogP contribution is -2.41. The van der Waals surface area contributed by atoms with E-state index in [9.17, 15) is 0 Å². The van der Waals surface area contributed by atoms with Crippen LogP contribution in [0.5, 0.6) is 0 Å². The lowest BCUT2D eigenvalue weighted by Gasteiger charge is -2.31. The van der Waals surface area contributed by atoms with Crippen LogP contribution < -0.4 is 4.90 Å². The normalized spacial score (nSPS) is 20.2. The first kappa shape index (κ1) is 13.3. The second kappa shape index (κ2) is 5.27. The van der Waals surface area contributed by atoms with Crippen molar-refractivity contribution in [3.05, 3.63) is 23.4 Å². The number of hydrogen-bond acceptors (Lipinski definition) is 3. The molecule has 0 aliphatic carbocycles. The number of nitrogens with zero attached hydrogens (tertiary/aromatic N) is 3. The summed E-state index contributed by atoms with van der Waals surface area (Å²) in [7, 11) is 4.31. The average molecular weight is 247 g/mol. The zero-order chi connectivity index (χ0) is 13.3. The van der Waals surface area contributed by atoms with Crippen molar-refractivity contribution in [3.63, 3.8) is 0 Å². The van der Waals surface area contributed by atoms with Gasteiger partial charge in [-0.25, -0.2) is 4.98 Å². The maximum absolute atomic E-state index is 4.85. The quantitative estimate of drug-likeness (QED) is 0.818. The van der Waals surface area contributed by atoms with E-state index in [1.807, 2.05) is 0 Å². The highest BCUT2D eigenvalue weighted by Gasteiger charge is 2.27. The Morgan fingerprint density at radius 2 is 2.06 bits per heavy atom. The summed E-state index contributed by atoms with van der Waals surface area (Å²) in [5.41, 5.74) is 2.52. The van der Waals surface area contributed by atoms with Crippen LogP contribution in [0.1, 0.15) is 43.9 Å². The van der Waals surface area contributed by atoms with Gasteiger partial charge in [0.25, 0.3) is 0 Å². The SMILES string of the molecule is Cc1cc(C(C)C)nc(N2CCCC2N(C)C)c1. The van der Waals surface area contributed by atoms with Gasteiger partial charge in [-0.15, -0.1) is 0 Å². The zero-order valence-electron chi connectivity index (χ0n) is 12.3. The van der Waals surface area contributed by atoms with E-state index < -0.39 is 0 Å². The highest BCUT2D eigenvalue weighted by molar-refractivity contribution is 5.44. The predicted molar refractivity (Wildman–Crippen MR) is 77.1 cm³/mol. The largest absolute Gasteiger partial charge is 0.341 e. The molecule has 1 aliphatic heterocycles. The summed E-state index contributed by atoms with van der Waals surface area (Å²) in [6.07, 6.45) is 2.99. The van der Waals surface area contributed by atoms with Gasteiger partial charge in [-0.1, -0.05) is 13.8 Å². The monoisotopic (exact) mass is 247 g/mol. The van der Waals surface area contributed by atoms with Crippen molar-refractivity contribution in [1.29, 1.82) is 0 Å². The molecule has 0 aromatic carbocycles. The molecule has 0 radical (unpaired) electrons. The van der Waals surface area contributed by atoms with Gasteiger partial charge in [0.2, 0.25) is 0 Å². The fourth-order valence-electron chi connectivity index (χ4n) is 2.67. The standard InChI is InChI=1S/C15H25N3/c1-11(2)13-9-12(3)10-14(16-13)18-8-6-7-15(18)17(4)5/h9-11,15H,6-8H2,1-5H3. The Kier molecular flexibility index (Phi) is 3.91. The maximum atomic E-state index is 4.85. The Bertz CT molecular complexity index is 412. The number of aryl methyl sites for hydroxylation is 1. The fourth-order valence-corrected chi connectivity index (χ4v) is 2.67. The van der Waals surface area contributed by atoms with Crippen molar-refractivity contribution in [2.45, 2.75) is 45.7 Å². The Morgan fingerprint density at radius 1 is 1.33 bits per heavy atom. The molecule has 1 fully saturated rings. The minimum Gasteiger partial charge on any atom is -0.341 e. The predicted octanol–water partition coefficient (Wildman–Crippen LogP) is 3.00. The second-order valence-electron chi connectivity index (χ2n) is 5.86. The van der Waals surface area contributed by atoms with E-state index in [1.54, 1.807) is 0 Å². The smallest absolute Gasteiger partial charge is 0.130 e. The van der Waals surface area contributed by atoms with E-state index in [4.69, 9.17) is 4.98 Å². The molecule has 0 spiro atoms. The summed E-state index contributed by atoms with van der Waals surface area (Å²) in [4.78, 5) is 9.59. The lowest BCUT2D eigenvalue weighted by molar-refractivity contribution is 0.300. The van der Waals surface area contributed by atoms with Crippen LogP contribution in [0, 0.1) is 6.92 Å². The summed E-state index contributed by atoms with van der Waals surface area (Å²) in [5, 5.41) is 0. The van der Waals surface area contributed by atoms with Crippen LogP contribution in [0.15, 0.2) is 12.1 Å². The minimum atomic E-state index is 0.490. The van der Waals surface area contributed by atoms with Gasteiger partial charge in [0.15, 0.2) is 0 Å². The first-order valence-electron chi connectivity index (χ1n) is 6.90. The Hall–Kier alpha value is -1.09. The Balaban J connectivity index is 2.32. The van der Waals surface area contributed by atoms with Crippen LogP contribution in [-0.4, -0.2) is 36.7 Å². The number of aromatic nitrogens is 1. The van der Waals surface area contributed by atoms with Crippen LogP contribution in [0.25, 0.3) is 0 Å². The van der Waals surface area contributed by atoms with Gasteiger partial charge in [0.1, 0.15) is 5.82 Å². The summed E-state index contributed by atoms with van der Waals surface area (Å²) in [6, 6.07) is 4.42. The topological polar surface area (TPSA) is 19.4 Å². The molecule has 1 aliphatic rings. The molecule has 0 saturated carbocycles. The van der Waals surface area contributed by atoms with Crippen molar-refractivity contribution >= 4 is 5.82 Å². The van der Waals surface area contributed by atoms with Crippen molar-refractivity contribution in [1.82, 2.24) is 9.88 Å². The fraction of sp³-hybridized carbons (Fsp3) is 0.667. The first-order chi connectivity index (χ1) is 8.49. The van der Waals surface area contributed by atoms with E-state index in [-0.39, 0.29) is 0 Å². The average Bonchev–Trinajstić information content (AvgIpc) is 2.76. The lowest BCUT2D eigenvalue weighted by atomic mass is 10.1. The molecule has 1 aromatic heterocycles. The number of pyridine rings is 1. The van der Waals surface area contributed by atoms with Gasteiger partial charge in [0, 0.05) is 12.2 Å². The third-order valence-corrected chi connectivity index (χ3v) is 3.68. The summed E-state index contributed by atoms with van der Waals surface area (Å²) in [5.74, 6) is 1.64. The van der Waals surface area contributed by atoms with E-state index in [1.165, 1.54) is 24.1 Å². The molecule has 1 aromatic rings. The highest BCUT2D eigenvalue weighted by atomic mass is 15.4. The molecule has 1 atom stereocenters. The molecule has 0 bridgehead atoms. The third kappa shape index (κ3) is 2.66. The molecule has 3 nitrogen and oxygen atoms in total. The van der Waals surface area contributed by atoms with Gasteiger partial charge in [-0.2, -0.15) is 0 Å². The molecule has 2 rings (SSSR count). The Labute approximate surface area is 111 Å². The van der Waals surface area contributed by atoms with Crippen LogP contribution in [0.4, 0.5) is 5.82 Å². The molecular weight excluding hydrogens is 222 g/mol. The molecule has 0 amide bonds. The van der Waals surface area contributed by atoms with E-state index in [0.29, 0.717) is 12.1 Å². The Morgan fingerprint density at radius 3 is 2.67 bits per heavy atom. The van der Waals surface area contributed by atoms with E-state index >= 15 is 0 Å². The van der Waals surface area contributed by atoms with Crippen LogP contribution in [-0.2, 0) is 0 Å². The van der Waals surface area contributed by atoms with Gasteiger partial charge in [-0.05, 0) is 57.5 Å². The van der Waals surface area contributed by atoms with Gasteiger partial charge in [0.05, 0.1) is 6.17 Å². The van der Waals surface area contributed by atoms with Crippen molar-refractivity contribution in [2.75, 3.05) is 25.5 Å². The molecule has 2 heterocycles. The van der Waals surface area contributed by atoms with Crippen molar-refractivity contribution in [2.24, 2.45) is 0 Å². The van der Waals surface area contributed by atoms with E-state index in [0.717, 1.165) is 12.4 Å². The van der Waals surface area contributed by atoms with Crippen LogP contribution >= 0.6 is 0 Å². The van der Waals surface area contributed by atoms with Crippen molar-refractivity contribution < 1.29 is 0 Å². The minimum absolute atomic E-state index is 0.490. The first-order valence-corrected chi connectivity index (χ1v) is 6.90.